The minimum absolute atomic E-state index is 0.0623. The fourth-order valence-corrected chi connectivity index (χ4v) is 3.90. The number of ether oxygens (including phenoxy) is 4. The van der Waals surface area contributed by atoms with Gasteiger partial charge in [0.05, 0.1) is 12.7 Å². The average Bonchev–Trinajstić information content (AvgIpc) is 3.42. The summed E-state index contributed by atoms with van der Waals surface area (Å²) in [4.78, 5) is 71.0. The maximum absolute atomic E-state index is 11.9. The van der Waals surface area contributed by atoms with Gasteiger partial charge in [-0.1, -0.05) is 0 Å². The van der Waals surface area contributed by atoms with Crippen LogP contribution in [0.5, 0.6) is 0 Å². The van der Waals surface area contributed by atoms with Crippen molar-refractivity contribution < 1.29 is 42.9 Å². The molecule has 2 aliphatic rings. The number of carbonyl (C=O) groups excluding carboxylic acids is 5. The van der Waals surface area contributed by atoms with Gasteiger partial charge in [0.25, 0.3) is 0 Å². The van der Waals surface area contributed by atoms with Gasteiger partial charge in [0.15, 0.2) is 35.4 Å². The van der Waals surface area contributed by atoms with Crippen LogP contribution in [0.4, 0.5) is 5.82 Å². The summed E-state index contributed by atoms with van der Waals surface area (Å²) in [6.45, 7) is 3.32. The molecule has 2 aromatic rings. The SMILES string of the molecule is CC(=O)OC[C@H]1O[C@@H](n2cnc3c(N[C@@H]4CC(=O)NC4=O)ncnc32)[C@H](OC(C)=O)[C@@H]1OC(C)=O. The number of hydrogen-bond acceptors (Lipinski definition) is 13. The molecule has 35 heavy (non-hydrogen) atoms. The molecule has 0 radical (unpaired) electrons. The Kier molecular flexibility index (Phi) is 6.59. The van der Waals surface area contributed by atoms with E-state index in [2.05, 4.69) is 25.6 Å². The molecule has 2 aliphatic heterocycles. The zero-order valence-corrected chi connectivity index (χ0v) is 18.9. The van der Waals surface area contributed by atoms with Gasteiger partial charge in [-0.25, -0.2) is 15.0 Å². The van der Waals surface area contributed by atoms with Crippen LogP contribution >= 0.6 is 0 Å². The molecule has 0 aliphatic carbocycles. The summed E-state index contributed by atoms with van der Waals surface area (Å²) < 4.78 is 23.3. The van der Waals surface area contributed by atoms with Gasteiger partial charge in [-0.05, 0) is 0 Å². The zero-order chi connectivity index (χ0) is 25.3. The molecular formula is C20H22N6O9. The highest BCUT2D eigenvalue weighted by atomic mass is 16.7. The number of nitrogens with zero attached hydrogens (tertiary/aromatic N) is 4. The lowest BCUT2D eigenvalue weighted by Gasteiger charge is -2.23. The van der Waals surface area contributed by atoms with Crippen LogP contribution in [0.3, 0.4) is 0 Å². The monoisotopic (exact) mass is 490 g/mol. The number of imidazole rings is 1. The van der Waals surface area contributed by atoms with Gasteiger partial charge in [0.1, 0.15) is 25.1 Å². The van der Waals surface area contributed by atoms with Gasteiger partial charge in [0, 0.05) is 20.8 Å². The van der Waals surface area contributed by atoms with Crippen LogP contribution in [-0.2, 0) is 42.9 Å². The standard InChI is InChI=1S/C20H22N6O9/c1-8(27)32-5-12-15(33-9(2)28)16(34-10(3)29)20(35-12)26-7-23-14-17(21-6-22-18(14)26)24-11-4-13(30)25-19(11)31/h6-7,11-12,15-16,20H,4-5H2,1-3H3,(H,21,22,24)(H,25,30,31)/t11-,12-,15-,16-,20-/m1/s1. The van der Waals surface area contributed by atoms with Crippen LogP contribution in [-0.4, -0.2) is 80.2 Å². The van der Waals surface area contributed by atoms with E-state index in [1.807, 2.05) is 0 Å². The molecule has 0 bridgehead atoms. The molecular weight excluding hydrogens is 468 g/mol. The Balaban J connectivity index is 1.68. The molecule has 0 spiro atoms. The van der Waals surface area contributed by atoms with Crippen LogP contribution in [0.25, 0.3) is 11.2 Å². The second-order valence-electron chi connectivity index (χ2n) is 7.88. The number of anilines is 1. The number of nitrogens with one attached hydrogen (secondary N) is 2. The van der Waals surface area contributed by atoms with E-state index in [1.165, 1.54) is 38.0 Å². The molecule has 5 atom stereocenters. The molecule has 2 amide bonds. The van der Waals surface area contributed by atoms with Gasteiger partial charge in [-0.2, -0.15) is 0 Å². The topological polar surface area (TPSA) is 190 Å². The van der Waals surface area contributed by atoms with Gasteiger partial charge in [-0.3, -0.25) is 33.9 Å². The van der Waals surface area contributed by atoms with Crippen LogP contribution in [0.2, 0.25) is 0 Å². The summed E-state index contributed by atoms with van der Waals surface area (Å²) in [7, 11) is 0. The van der Waals surface area contributed by atoms with Crippen molar-refractivity contribution in [1.29, 1.82) is 0 Å². The fraction of sp³-hybridized carbons (Fsp3) is 0.500. The van der Waals surface area contributed by atoms with Crippen molar-refractivity contribution in [3.8, 4) is 0 Å². The van der Waals surface area contributed by atoms with Crippen molar-refractivity contribution in [3.05, 3.63) is 12.7 Å². The summed E-state index contributed by atoms with van der Waals surface area (Å²) in [5.41, 5.74) is 0.487. The van der Waals surface area contributed by atoms with Crippen molar-refractivity contribution >= 4 is 46.7 Å². The summed E-state index contributed by atoms with van der Waals surface area (Å²) in [6.07, 6.45) is -1.73. The van der Waals surface area contributed by atoms with Crippen LogP contribution in [0, 0.1) is 0 Å². The average molecular weight is 490 g/mol. The minimum Gasteiger partial charge on any atom is -0.463 e. The predicted molar refractivity (Wildman–Crippen MR) is 112 cm³/mol. The molecule has 4 heterocycles. The Morgan fingerprint density at radius 1 is 1.09 bits per heavy atom. The van der Waals surface area contributed by atoms with E-state index < -0.39 is 60.3 Å². The second kappa shape index (κ2) is 9.61. The first-order valence-corrected chi connectivity index (χ1v) is 10.5. The fourth-order valence-electron chi connectivity index (χ4n) is 3.90. The van der Waals surface area contributed by atoms with Crippen molar-refractivity contribution in [3.63, 3.8) is 0 Å². The van der Waals surface area contributed by atoms with Crippen LogP contribution < -0.4 is 10.6 Å². The van der Waals surface area contributed by atoms with E-state index in [9.17, 15) is 24.0 Å². The van der Waals surface area contributed by atoms with E-state index in [4.69, 9.17) is 18.9 Å². The van der Waals surface area contributed by atoms with E-state index >= 15 is 0 Å². The first kappa shape index (κ1) is 24.0. The lowest BCUT2D eigenvalue weighted by Crippen LogP contribution is -2.40. The van der Waals surface area contributed by atoms with Gasteiger partial charge in [-0.15, -0.1) is 0 Å². The van der Waals surface area contributed by atoms with Gasteiger partial charge in [0.2, 0.25) is 11.8 Å². The third kappa shape index (κ3) is 5.03. The minimum atomic E-state index is -1.13. The summed E-state index contributed by atoms with van der Waals surface area (Å²) in [6, 6.07) is -0.830. The summed E-state index contributed by atoms with van der Waals surface area (Å²) in [5, 5.41) is 5.07. The number of esters is 3. The van der Waals surface area contributed by atoms with Crippen LogP contribution in [0.1, 0.15) is 33.4 Å². The number of carbonyl (C=O) groups is 5. The van der Waals surface area contributed by atoms with Crippen molar-refractivity contribution in [2.75, 3.05) is 11.9 Å². The normalized spacial score (nSPS) is 25.9. The van der Waals surface area contributed by atoms with Crippen molar-refractivity contribution in [1.82, 2.24) is 24.8 Å². The molecule has 0 saturated carbocycles. The van der Waals surface area contributed by atoms with Gasteiger partial charge < -0.3 is 24.3 Å². The number of amides is 2. The highest BCUT2D eigenvalue weighted by Gasteiger charge is 2.51. The van der Waals surface area contributed by atoms with Gasteiger partial charge >= 0.3 is 17.9 Å². The Labute approximate surface area is 197 Å². The molecule has 2 fully saturated rings. The van der Waals surface area contributed by atoms with E-state index in [0.29, 0.717) is 0 Å². The number of hydrogen-bond donors (Lipinski definition) is 2. The van der Waals surface area contributed by atoms with Crippen LogP contribution in [0.15, 0.2) is 12.7 Å². The van der Waals surface area contributed by atoms with Crippen molar-refractivity contribution in [2.24, 2.45) is 0 Å². The Morgan fingerprint density at radius 3 is 2.43 bits per heavy atom. The molecule has 15 heteroatoms. The van der Waals surface area contributed by atoms with E-state index in [0.717, 1.165) is 0 Å². The Bertz CT molecular complexity index is 1200. The highest BCUT2D eigenvalue weighted by Crippen LogP contribution is 2.36. The highest BCUT2D eigenvalue weighted by molar-refractivity contribution is 6.07. The number of aromatic nitrogens is 4. The maximum atomic E-state index is 11.9. The molecule has 2 N–H and O–H groups in total. The molecule has 0 aromatic carbocycles. The molecule has 2 aromatic heterocycles. The Morgan fingerprint density at radius 2 is 1.80 bits per heavy atom. The lowest BCUT2D eigenvalue weighted by molar-refractivity contribution is -0.166. The predicted octanol–water partition coefficient (Wildman–Crippen LogP) is -1.02. The van der Waals surface area contributed by atoms with E-state index in [1.54, 1.807) is 0 Å². The van der Waals surface area contributed by atoms with E-state index in [-0.39, 0.29) is 30.0 Å². The Hall–Kier alpha value is -4.14. The summed E-state index contributed by atoms with van der Waals surface area (Å²) >= 11 is 0. The largest absolute Gasteiger partial charge is 0.463 e. The molecule has 4 rings (SSSR count). The lowest BCUT2D eigenvalue weighted by atomic mass is 10.1. The quantitative estimate of drug-likeness (QED) is 0.273. The second-order valence-corrected chi connectivity index (χ2v) is 7.88. The molecule has 0 unspecified atom stereocenters. The molecule has 186 valence electrons. The first-order valence-electron chi connectivity index (χ1n) is 10.5. The third-order valence-electron chi connectivity index (χ3n) is 5.25. The number of imide groups is 1. The molecule has 15 nitrogen and oxygen atoms in total. The third-order valence-corrected chi connectivity index (χ3v) is 5.25. The molecule has 2 saturated heterocycles. The smallest absolute Gasteiger partial charge is 0.303 e. The number of fused-ring (bicyclic) bond motifs is 1. The van der Waals surface area contributed by atoms with Crippen molar-refractivity contribution in [2.45, 2.75) is 57.8 Å². The maximum Gasteiger partial charge on any atom is 0.303 e. The zero-order valence-electron chi connectivity index (χ0n) is 18.9. The number of rotatable bonds is 7. The summed E-state index contributed by atoms with van der Waals surface area (Å²) in [5.74, 6) is -2.60. The first-order chi connectivity index (χ1) is 16.6.